The van der Waals surface area contributed by atoms with Crippen LogP contribution in [0.3, 0.4) is 0 Å². The summed E-state index contributed by atoms with van der Waals surface area (Å²) in [6, 6.07) is 1.50. The van der Waals surface area contributed by atoms with E-state index in [0.717, 1.165) is 6.07 Å². The zero-order valence-corrected chi connectivity index (χ0v) is 6.34. The molecule has 0 radical (unpaired) electrons. The van der Waals surface area contributed by atoms with Crippen LogP contribution >= 0.6 is 0 Å². The van der Waals surface area contributed by atoms with Crippen molar-refractivity contribution < 1.29 is 23.4 Å². The SMILES string of the molecule is OCc1nc(C(F)(F)F)ccc1O. The van der Waals surface area contributed by atoms with Crippen LogP contribution in [0.25, 0.3) is 0 Å². The van der Waals surface area contributed by atoms with Gasteiger partial charge in [-0.15, -0.1) is 0 Å². The summed E-state index contributed by atoms with van der Waals surface area (Å²) in [5.74, 6) is -0.449. The van der Waals surface area contributed by atoms with E-state index in [0.29, 0.717) is 6.07 Å². The lowest BCUT2D eigenvalue weighted by Crippen LogP contribution is -2.09. The molecule has 72 valence electrons. The van der Waals surface area contributed by atoms with E-state index in [4.69, 9.17) is 10.2 Å². The Morgan fingerprint density at radius 1 is 1.31 bits per heavy atom. The summed E-state index contributed by atoms with van der Waals surface area (Å²) in [4.78, 5) is 3.04. The Balaban J connectivity index is 3.14. The van der Waals surface area contributed by atoms with Crippen molar-refractivity contribution in [3.63, 3.8) is 0 Å². The molecule has 0 atom stereocenters. The van der Waals surface area contributed by atoms with Gasteiger partial charge in [-0.25, -0.2) is 4.98 Å². The normalized spacial score (nSPS) is 11.7. The van der Waals surface area contributed by atoms with Crippen molar-refractivity contribution in [2.75, 3.05) is 0 Å². The average Bonchev–Trinajstić information content (AvgIpc) is 2.03. The van der Waals surface area contributed by atoms with Crippen LogP contribution in [0.2, 0.25) is 0 Å². The van der Waals surface area contributed by atoms with Crippen LogP contribution in [0.1, 0.15) is 11.4 Å². The lowest BCUT2D eigenvalue weighted by molar-refractivity contribution is -0.141. The first-order valence-electron chi connectivity index (χ1n) is 3.32. The molecule has 2 N–H and O–H groups in total. The quantitative estimate of drug-likeness (QED) is 0.706. The molecule has 0 saturated carbocycles. The van der Waals surface area contributed by atoms with Gasteiger partial charge >= 0.3 is 6.18 Å². The minimum absolute atomic E-state index is 0.380. The Bertz CT molecular complexity index is 311. The number of rotatable bonds is 1. The smallest absolute Gasteiger partial charge is 0.433 e. The summed E-state index contributed by atoms with van der Waals surface area (Å²) in [5.41, 5.74) is -1.51. The van der Waals surface area contributed by atoms with Gasteiger partial charge in [-0.3, -0.25) is 0 Å². The Kier molecular flexibility index (Phi) is 2.42. The molecule has 0 spiro atoms. The largest absolute Gasteiger partial charge is 0.506 e. The van der Waals surface area contributed by atoms with Crippen LogP contribution in [0.15, 0.2) is 12.1 Å². The van der Waals surface area contributed by atoms with Crippen LogP contribution in [-0.2, 0) is 12.8 Å². The number of halogens is 3. The van der Waals surface area contributed by atoms with Crippen molar-refractivity contribution in [3.05, 3.63) is 23.5 Å². The lowest BCUT2D eigenvalue weighted by Gasteiger charge is -2.07. The van der Waals surface area contributed by atoms with Gasteiger partial charge in [-0.05, 0) is 12.1 Å². The van der Waals surface area contributed by atoms with E-state index in [2.05, 4.69) is 4.98 Å². The predicted molar refractivity (Wildman–Crippen MR) is 36.8 cm³/mol. The van der Waals surface area contributed by atoms with Crippen LogP contribution in [0.4, 0.5) is 13.2 Å². The Hall–Kier alpha value is -1.30. The molecule has 0 aliphatic rings. The van der Waals surface area contributed by atoms with Crippen molar-refractivity contribution in [1.29, 1.82) is 0 Å². The molecular formula is C7H6F3NO2. The van der Waals surface area contributed by atoms with Crippen molar-refractivity contribution in [1.82, 2.24) is 4.98 Å². The molecule has 0 unspecified atom stereocenters. The number of aromatic nitrogens is 1. The summed E-state index contributed by atoms with van der Waals surface area (Å²) < 4.78 is 36.0. The molecule has 0 aliphatic heterocycles. The summed E-state index contributed by atoms with van der Waals surface area (Å²) in [5, 5.41) is 17.4. The number of aromatic hydroxyl groups is 1. The van der Waals surface area contributed by atoms with Gasteiger partial charge in [-0.1, -0.05) is 0 Å². The second-order valence-corrected chi connectivity index (χ2v) is 2.32. The summed E-state index contributed by atoms with van der Waals surface area (Å²) in [6.07, 6.45) is -4.56. The fraction of sp³-hybridized carbons (Fsp3) is 0.286. The minimum Gasteiger partial charge on any atom is -0.506 e. The van der Waals surface area contributed by atoms with Crippen molar-refractivity contribution in [2.24, 2.45) is 0 Å². The molecule has 1 rings (SSSR count). The molecule has 0 bridgehead atoms. The average molecular weight is 193 g/mol. The number of pyridine rings is 1. The Morgan fingerprint density at radius 2 is 1.92 bits per heavy atom. The monoisotopic (exact) mass is 193 g/mol. The van der Waals surface area contributed by atoms with E-state index in [9.17, 15) is 13.2 Å². The Morgan fingerprint density at radius 3 is 2.38 bits per heavy atom. The highest BCUT2D eigenvalue weighted by atomic mass is 19.4. The van der Waals surface area contributed by atoms with Crippen LogP contribution in [-0.4, -0.2) is 15.2 Å². The standard InChI is InChI=1S/C7H6F3NO2/c8-7(9,10)6-2-1-5(13)4(3-12)11-6/h1-2,12-13H,3H2. The molecule has 0 aromatic carbocycles. The molecule has 0 aliphatic carbocycles. The third-order valence-corrected chi connectivity index (χ3v) is 1.39. The first-order valence-corrected chi connectivity index (χ1v) is 3.32. The molecule has 1 heterocycles. The number of hydrogen-bond acceptors (Lipinski definition) is 3. The second kappa shape index (κ2) is 3.21. The molecule has 0 fully saturated rings. The summed E-state index contributed by atoms with van der Waals surface area (Å²) in [6.45, 7) is -0.726. The van der Waals surface area contributed by atoms with E-state index in [-0.39, 0.29) is 5.69 Å². The third-order valence-electron chi connectivity index (χ3n) is 1.39. The number of aliphatic hydroxyl groups excluding tert-OH is 1. The van der Waals surface area contributed by atoms with Gasteiger partial charge in [0.2, 0.25) is 0 Å². The zero-order chi connectivity index (χ0) is 10.1. The third kappa shape index (κ3) is 2.09. The fourth-order valence-electron chi connectivity index (χ4n) is 0.768. The van der Waals surface area contributed by atoms with Gasteiger partial charge in [-0.2, -0.15) is 13.2 Å². The molecule has 13 heavy (non-hydrogen) atoms. The van der Waals surface area contributed by atoms with Gasteiger partial charge in [0.1, 0.15) is 17.1 Å². The number of nitrogens with zero attached hydrogens (tertiary/aromatic N) is 1. The van der Waals surface area contributed by atoms with Crippen molar-refractivity contribution in [2.45, 2.75) is 12.8 Å². The van der Waals surface area contributed by atoms with Gasteiger partial charge in [0, 0.05) is 0 Å². The van der Waals surface area contributed by atoms with Crippen LogP contribution in [0.5, 0.6) is 5.75 Å². The van der Waals surface area contributed by atoms with E-state index < -0.39 is 24.2 Å². The number of alkyl halides is 3. The molecule has 0 amide bonds. The van der Waals surface area contributed by atoms with E-state index in [1.54, 1.807) is 0 Å². The zero-order valence-electron chi connectivity index (χ0n) is 6.34. The van der Waals surface area contributed by atoms with Gasteiger partial charge in [0.15, 0.2) is 0 Å². The molecule has 6 heteroatoms. The maximum atomic E-state index is 12.0. The molecule has 0 saturated heterocycles. The van der Waals surface area contributed by atoms with Gasteiger partial charge in [0.25, 0.3) is 0 Å². The molecule has 1 aromatic heterocycles. The Labute approximate surface area is 71.5 Å². The summed E-state index contributed by atoms with van der Waals surface area (Å²) >= 11 is 0. The highest BCUT2D eigenvalue weighted by Crippen LogP contribution is 2.29. The highest BCUT2D eigenvalue weighted by molar-refractivity contribution is 5.28. The topological polar surface area (TPSA) is 53.4 Å². The maximum absolute atomic E-state index is 12.0. The first kappa shape index (κ1) is 9.79. The van der Waals surface area contributed by atoms with Gasteiger partial charge < -0.3 is 10.2 Å². The van der Waals surface area contributed by atoms with Gasteiger partial charge in [0.05, 0.1) is 6.61 Å². The van der Waals surface area contributed by atoms with Crippen LogP contribution < -0.4 is 0 Å². The molecule has 3 nitrogen and oxygen atoms in total. The lowest BCUT2D eigenvalue weighted by atomic mass is 10.3. The summed E-state index contributed by atoms with van der Waals surface area (Å²) in [7, 11) is 0. The van der Waals surface area contributed by atoms with E-state index >= 15 is 0 Å². The number of hydrogen-bond donors (Lipinski definition) is 2. The highest BCUT2D eigenvalue weighted by Gasteiger charge is 2.32. The second-order valence-electron chi connectivity index (χ2n) is 2.32. The first-order chi connectivity index (χ1) is 5.95. The number of aliphatic hydroxyl groups is 1. The molecule has 1 aromatic rings. The fourth-order valence-corrected chi connectivity index (χ4v) is 0.768. The van der Waals surface area contributed by atoms with Crippen LogP contribution in [0, 0.1) is 0 Å². The van der Waals surface area contributed by atoms with E-state index in [1.165, 1.54) is 0 Å². The molecular weight excluding hydrogens is 187 g/mol. The van der Waals surface area contributed by atoms with Crippen molar-refractivity contribution in [3.8, 4) is 5.75 Å². The van der Waals surface area contributed by atoms with Crippen molar-refractivity contribution >= 4 is 0 Å². The maximum Gasteiger partial charge on any atom is 0.433 e. The minimum atomic E-state index is -4.56. The predicted octanol–water partition coefficient (Wildman–Crippen LogP) is 1.30. The van der Waals surface area contributed by atoms with E-state index in [1.807, 2.05) is 0 Å².